The van der Waals surface area contributed by atoms with Crippen molar-refractivity contribution in [2.45, 2.75) is 18.9 Å². The number of hydrogen-bond acceptors (Lipinski definition) is 4. The number of ether oxygens (including phenoxy) is 1. The molecule has 120 valence electrons. The number of amides is 1. The maximum absolute atomic E-state index is 11.5. The maximum atomic E-state index is 11.5. The average Bonchev–Trinajstić information content (AvgIpc) is 3.14. The molecular weight excluding hydrogens is 278 g/mol. The lowest BCUT2D eigenvalue weighted by Gasteiger charge is -2.27. The van der Waals surface area contributed by atoms with Crippen LogP contribution in [-0.2, 0) is 4.74 Å². The molecule has 0 N–H and O–H groups in total. The molecule has 3 rings (SSSR count). The number of carbonyl (C=O) groups is 1. The summed E-state index contributed by atoms with van der Waals surface area (Å²) in [6.07, 6.45) is 2.26. The van der Waals surface area contributed by atoms with Crippen LogP contribution in [0.15, 0.2) is 24.3 Å². The summed E-state index contributed by atoms with van der Waals surface area (Å²) in [5.74, 6) is 0. The second-order valence-corrected chi connectivity index (χ2v) is 6.28. The molecule has 1 atom stereocenters. The van der Waals surface area contributed by atoms with Gasteiger partial charge in [-0.3, -0.25) is 4.90 Å². The van der Waals surface area contributed by atoms with E-state index in [4.69, 9.17) is 4.74 Å². The zero-order valence-corrected chi connectivity index (χ0v) is 13.5. The van der Waals surface area contributed by atoms with Gasteiger partial charge in [-0.25, -0.2) is 4.79 Å². The second kappa shape index (κ2) is 6.57. The zero-order valence-electron chi connectivity index (χ0n) is 13.5. The number of likely N-dealkylation sites (tertiary alicyclic amines) is 1. The first-order valence-electron chi connectivity index (χ1n) is 8.08. The maximum Gasteiger partial charge on any atom is 0.409 e. The molecule has 2 heterocycles. The van der Waals surface area contributed by atoms with Gasteiger partial charge < -0.3 is 14.5 Å². The Bertz CT molecular complexity index is 532. The van der Waals surface area contributed by atoms with Gasteiger partial charge in [-0.05, 0) is 37.1 Å². The molecule has 2 saturated heterocycles. The van der Waals surface area contributed by atoms with Gasteiger partial charge in [0.2, 0.25) is 0 Å². The summed E-state index contributed by atoms with van der Waals surface area (Å²) in [4.78, 5) is 18.0. The Morgan fingerprint density at radius 3 is 2.86 bits per heavy atom. The molecule has 0 radical (unpaired) electrons. The van der Waals surface area contributed by atoms with Gasteiger partial charge in [0.1, 0.15) is 6.61 Å². The fourth-order valence-corrected chi connectivity index (χ4v) is 3.36. The number of benzene rings is 1. The number of hydrogen-bond donors (Lipinski definition) is 0. The number of rotatable bonds is 5. The first kappa shape index (κ1) is 15.2. The summed E-state index contributed by atoms with van der Waals surface area (Å²) >= 11 is 0. The Kier molecular flexibility index (Phi) is 4.52. The van der Waals surface area contributed by atoms with Gasteiger partial charge in [-0.2, -0.15) is 0 Å². The number of carbonyl (C=O) groups excluding carboxylic acids is 1. The molecule has 5 heteroatoms. The molecule has 1 amide bonds. The Labute approximate surface area is 132 Å². The van der Waals surface area contributed by atoms with Crippen LogP contribution in [0.5, 0.6) is 0 Å². The van der Waals surface area contributed by atoms with Crippen LogP contribution in [0.2, 0.25) is 0 Å². The highest BCUT2D eigenvalue weighted by atomic mass is 16.6. The fourth-order valence-electron chi connectivity index (χ4n) is 3.36. The van der Waals surface area contributed by atoms with Crippen molar-refractivity contribution in [2.24, 2.45) is 0 Å². The lowest BCUT2D eigenvalue weighted by Crippen LogP contribution is -2.35. The van der Waals surface area contributed by atoms with E-state index in [1.807, 2.05) is 4.90 Å². The number of anilines is 1. The van der Waals surface area contributed by atoms with E-state index < -0.39 is 0 Å². The molecule has 0 aliphatic carbocycles. The molecule has 0 aromatic heterocycles. The summed E-state index contributed by atoms with van der Waals surface area (Å²) < 4.78 is 5.00. The Balaban J connectivity index is 1.65. The second-order valence-electron chi connectivity index (χ2n) is 6.28. The van der Waals surface area contributed by atoms with Crippen LogP contribution in [-0.4, -0.2) is 62.8 Å². The van der Waals surface area contributed by atoms with Gasteiger partial charge in [-0.15, -0.1) is 0 Å². The normalized spacial score (nSPS) is 22.2. The van der Waals surface area contributed by atoms with Crippen molar-refractivity contribution < 1.29 is 9.53 Å². The van der Waals surface area contributed by atoms with Gasteiger partial charge in [-0.1, -0.05) is 12.1 Å². The van der Waals surface area contributed by atoms with Crippen LogP contribution in [0.3, 0.4) is 0 Å². The van der Waals surface area contributed by atoms with Crippen molar-refractivity contribution in [1.29, 1.82) is 0 Å². The highest BCUT2D eigenvalue weighted by Gasteiger charge is 2.28. The van der Waals surface area contributed by atoms with E-state index in [0.29, 0.717) is 12.6 Å². The van der Waals surface area contributed by atoms with Gasteiger partial charge in [0.05, 0.1) is 6.54 Å². The molecular formula is C17H25N3O2. The first-order chi connectivity index (χ1) is 10.6. The minimum absolute atomic E-state index is 0.162. The molecule has 0 unspecified atom stereocenters. The van der Waals surface area contributed by atoms with Crippen LogP contribution in [0.4, 0.5) is 10.5 Å². The number of cyclic esters (lactones) is 1. The molecule has 2 aliphatic rings. The van der Waals surface area contributed by atoms with Crippen molar-refractivity contribution in [2.75, 3.05) is 51.8 Å². The monoisotopic (exact) mass is 303 g/mol. The van der Waals surface area contributed by atoms with Crippen molar-refractivity contribution >= 4 is 11.8 Å². The highest BCUT2D eigenvalue weighted by Crippen LogP contribution is 2.33. The molecule has 1 aromatic rings. The van der Waals surface area contributed by atoms with E-state index in [1.165, 1.54) is 24.1 Å². The van der Waals surface area contributed by atoms with Crippen LogP contribution < -0.4 is 4.90 Å². The van der Waals surface area contributed by atoms with E-state index >= 15 is 0 Å². The standard InChI is InChI=1S/C17H25N3O2/c1-18(2)15-6-3-5-14(13-15)16-7-4-8-19(16)9-10-20-11-12-22-17(20)21/h3,5-6,13,16H,4,7-12H2,1-2H3/t16-/m1/s1. The van der Waals surface area contributed by atoms with Crippen LogP contribution in [0, 0.1) is 0 Å². The van der Waals surface area contributed by atoms with E-state index in [9.17, 15) is 4.79 Å². The summed E-state index contributed by atoms with van der Waals surface area (Å²) in [5.41, 5.74) is 2.63. The molecule has 22 heavy (non-hydrogen) atoms. The molecule has 2 fully saturated rings. The third-order valence-electron chi connectivity index (χ3n) is 4.64. The lowest BCUT2D eigenvalue weighted by molar-refractivity contribution is 0.152. The van der Waals surface area contributed by atoms with Crippen molar-refractivity contribution in [1.82, 2.24) is 9.80 Å². The van der Waals surface area contributed by atoms with E-state index in [2.05, 4.69) is 48.2 Å². The third-order valence-corrected chi connectivity index (χ3v) is 4.64. The van der Waals surface area contributed by atoms with Crippen molar-refractivity contribution in [3.63, 3.8) is 0 Å². The SMILES string of the molecule is CN(C)c1cccc([C@H]2CCCN2CCN2CCOC2=O)c1. The van der Waals surface area contributed by atoms with E-state index in [1.54, 1.807) is 0 Å². The minimum Gasteiger partial charge on any atom is -0.448 e. The molecule has 0 spiro atoms. The molecule has 1 aromatic carbocycles. The van der Waals surface area contributed by atoms with Gasteiger partial charge >= 0.3 is 6.09 Å². The Hall–Kier alpha value is -1.75. The quantitative estimate of drug-likeness (QED) is 0.836. The van der Waals surface area contributed by atoms with Gasteiger partial charge in [0.15, 0.2) is 0 Å². The largest absolute Gasteiger partial charge is 0.448 e. The number of nitrogens with zero attached hydrogens (tertiary/aromatic N) is 3. The molecule has 0 saturated carbocycles. The first-order valence-corrected chi connectivity index (χ1v) is 8.08. The smallest absolute Gasteiger partial charge is 0.409 e. The zero-order chi connectivity index (χ0) is 15.5. The molecule has 2 aliphatic heterocycles. The van der Waals surface area contributed by atoms with Gasteiger partial charge in [0, 0.05) is 38.9 Å². The molecule has 5 nitrogen and oxygen atoms in total. The summed E-state index contributed by atoms with van der Waals surface area (Å²) in [6, 6.07) is 9.26. The Morgan fingerprint density at radius 2 is 2.14 bits per heavy atom. The summed E-state index contributed by atoms with van der Waals surface area (Å²) in [7, 11) is 4.15. The predicted octanol–water partition coefficient (Wildman–Crippen LogP) is 2.34. The summed E-state index contributed by atoms with van der Waals surface area (Å²) in [5, 5.41) is 0. The van der Waals surface area contributed by atoms with Crippen LogP contribution in [0.25, 0.3) is 0 Å². The lowest BCUT2D eigenvalue weighted by atomic mass is 10.0. The van der Waals surface area contributed by atoms with E-state index in [0.717, 1.165) is 26.2 Å². The fraction of sp³-hybridized carbons (Fsp3) is 0.588. The van der Waals surface area contributed by atoms with Gasteiger partial charge in [0.25, 0.3) is 0 Å². The predicted molar refractivity (Wildman–Crippen MR) is 87.2 cm³/mol. The minimum atomic E-state index is -0.162. The Morgan fingerprint density at radius 1 is 1.27 bits per heavy atom. The third kappa shape index (κ3) is 3.19. The topological polar surface area (TPSA) is 36.0 Å². The van der Waals surface area contributed by atoms with Crippen molar-refractivity contribution in [3.05, 3.63) is 29.8 Å². The molecule has 0 bridgehead atoms. The van der Waals surface area contributed by atoms with E-state index in [-0.39, 0.29) is 6.09 Å². The average molecular weight is 303 g/mol. The van der Waals surface area contributed by atoms with Crippen LogP contribution >= 0.6 is 0 Å². The van der Waals surface area contributed by atoms with Crippen molar-refractivity contribution in [3.8, 4) is 0 Å². The highest BCUT2D eigenvalue weighted by molar-refractivity contribution is 5.69. The summed E-state index contributed by atoms with van der Waals surface area (Å²) in [6.45, 7) is 4.06. The van der Waals surface area contributed by atoms with Crippen LogP contribution in [0.1, 0.15) is 24.4 Å².